The Morgan fingerprint density at radius 2 is 1.67 bits per heavy atom. The number of amides is 3. The van der Waals surface area contributed by atoms with Crippen molar-refractivity contribution in [3.05, 3.63) is 60.2 Å². The third kappa shape index (κ3) is 5.76. The van der Waals surface area contributed by atoms with Gasteiger partial charge in [0.15, 0.2) is 11.6 Å². The minimum atomic E-state index is -1.12. The van der Waals surface area contributed by atoms with Gasteiger partial charge in [-0.15, -0.1) is 0 Å². The summed E-state index contributed by atoms with van der Waals surface area (Å²) in [4.78, 5) is 37.6. The highest BCUT2D eigenvalue weighted by molar-refractivity contribution is 6.39. The molecule has 158 valence electrons. The Kier molecular flexibility index (Phi) is 6.95. The van der Waals surface area contributed by atoms with Crippen molar-refractivity contribution in [3.63, 3.8) is 0 Å². The molecule has 2 N–H and O–H groups in total. The number of anilines is 1. The van der Waals surface area contributed by atoms with Crippen molar-refractivity contribution in [1.29, 1.82) is 0 Å². The lowest BCUT2D eigenvalue weighted by atomic mass is 9.97. The standard InChI is InChI=1S/C21H21F2N3O4/c22-17-7-6-15(12-18(17)23)25-20(28)19(27)24-13-14-8-10-26(11-9-14)21(29)30-16-4-2-1-3-5-16/h1-7,12,14H,8-11,13H2,(H,24,27)(H,25,28). The average Bonchev–Trinajstić information content (AvgIpc) is 2.75. The van der Waals surface area contributed by atoms with Crippen LogP contribution >= 0.6 is 0 Å². The smallest absolute Gasteiger partial charge is 0.410 e. The van der Waals surface area contributed by atoms with E-state index in [1.54, 1.807) is 29.2 Å². The lowest BCUT2D eigenvalue weighted by Gasteiger charge is -2.31. The molecule has 1 fully saturated rings. The first kappa shape index (κ1) is 21.2. The first-order valence-corrected chi connectivity index (χ1v) is 9.48. The number of hydrogen-bond acceptors (Lipinski definition) is 4. The highest BCUT2D eigenvalue weighted by Crippen LogP contribution is 2.19. The summed E-state index contributed by atoms with van der Waals surface area (Å²) >= 11 is 0. The van der Waals surface area contributed by atoms with Gasteiger partial charge in [-0.3, -0.25) is 9.59 Å². The Hall–Kier alpha value is -3.49. The van der Waals surface area contributed by atoms with Gasteiger partial charge in [-0.25, -0.2) is 13.6 Å². The topological polar surface area (TPSA) is 87.7 Å². The van der Waals surface area contributed by atoms with Crippen molar-refractivity contribution in [3.8, 4) is 5.75 Å². The highest BCUT2D eigenvalue weighted by Gasteiger charge is 2.25. The SMILES string of the molecule is O=C(NCC1CCN(C(=O)Oc2ccccc2)CC1)C(=O)Nc1ccc(F)c(F)c1. The van der Waals surface area contributed by atoms with Gasteiger partial charge in [0.05, 0.1) is 0 Å². The molecule has 3 amide bonds. The predicted molar refractivity (Wildman–Crippen MR) is 105 cm³/mol. The molecule has 0 aliphatic carbocycles. The summed E-state index contributed by atoms with van der Waals surface area (Å²) in [6, 6.07) is 11.6. The zero-order valence-electron chi connectivity index (χ0n) is 16.1. The molecule has 0 atom stereocenters. The zero-order chi connectivity index (χ0) is 21.5. The monoisotopic (exact) mass is 417 g/mol. The van der Waals surface area contributed by atoms with E-state index in [4.69, 9.17) is 4.74 Å². The average molecular weight is 417 g/mol. The number of ether oxygens (including phenoxy) is 1. The van der Waals surface area contributed by atoms with Crippen LogP contribution in [-0.2, 0) is 9.59 Å². The molecule has 1 aliphatic rings. The van der Waals surface area contributed by atoms with E-state index < -0.39 is 29.5 Å². The molecule has 0 spiro atoms. The van der Waals surface area contributed by atoms with Gasteiger partial charge in [0.25, 0.3) is 0 Å². The van der Waals surface area contributed by atoms with Crippen LogP contribution in [0.5, 0.6) is 5.75 Å². The summed E-state index contributed by atoms with van der Waals surface area (Å²) in [6.07, 6.45) is 0.874. The fourth-order valence-corrected chi connectivity index (χ4v) is 3.05. The van der Waals surface area contributed by atoms with Crippen LogP contribution in [0.2, 0.25) is 0 Å². The lowest BCUT2D eigenvalue weighted by molar-refractivity contribution is -0.136. The third-order valence-corrected chi connectivity index (χ3v) is 4.76. The predicted octanol–water partition coefficient (Wildman–Crippen LogP) is 2.93. The highest BCUT2D eigenvalue weighted by atomic mass is 19.2. The Balaban J connectivity index is 1.39. The summed E-state index contributed by atoms with van der Waals surface area (Å²) in [5.74, 6) is -3.42. The zero-order valence-corrected chi connectivity index (χ0v) is 16.1. The molecule has 0 saturated carbocycles. The molecule has 0 unspecified atom stereocenters. The molecule has 2 aromatic rings. The minimum Gasteiger partial charge on any atom is -0.410 e. The van der Waals surface area contributed by atoms with E-state index in [1.807, 2.05) is 6.07 Å². The third-order valence-electron chi connectivity index (χ3n) is 4.76. The molecule has 1 heterocycles. The van der Waals surface area contributed by atoms with Gasteiger partial charge < -0.3 is 20.3 Å². The van der Waals surface area contributed by atoms with Gasteiger partial charge in [0.1, 0.15) is 5.75 Å². The summed E-state index contributed by atoms with van der Waals surface area (Å²) in [6.45, 7) is 1.23. The number of likely N-dealkylation sites (tertiary alicyclic amines) is 1. The van der Waals surface area contributed by atoms with Crippen LogP contribution in [0.15, 0.2) is 48.5 Å². The summed E-state index contributed by atoms with van der Waals surface area (Å²) in [5, 5.41) is 4.74. The fourth-order valence-electron chi connectivity index (χ4n) is 3.05. The Bertz CT molecular complexity index is 916. The van der Waals surface area contributed by atoms with Gasteiger partial charge >= 0.3 is 17.9 Å². The van der Waals surface area contributed by atoms with Gasteiger partial charge in [-0.1, -0.05) is 18.2 Å². The molecule has 0 aromatic heterocycles. The Labute approximate surface area is 172 Å². The van der Waals surface area contributed by atoms with Gasteiger partial charge in [-0.05, 0) is 43.0 Å². The summed E-state index contributed by atoms with van der Waals surface area (Å²) < 4.78 is 31.4. The first-order valence-electron chi connectivity index (χ1n) is 9.48. The molecule has 1 aliphatic heterocycles. The van der Waals surface area contributed by atoms with E-state index in [9.17, 15) is 23.2 Å². The van der Waals surface area contributed by atoms with Crippen molar-refractivity contribution < 1.29 is 27.9 Å². The van der Waals surface area contributed by atoms with Crippen molar-refractivity contribution in [2.75, 3.05) is 25.0 Å². The number of hydrogen-bond donors (Lipinski definition) is 2. The van der Waals surface area contributed by atoms with Crippen LogP contribution in [0, 0.1) is 17.6 Å². The maximum atomic E-state index is 13.2. The number of halogens is 2. The molecule has 3 rings (SSSR count). The number of carbonyl (C=O) groups excluding carboxylic acids is 3. The number of nitrogens with zero attached hydrogens (tertiary/aromatic N) is 1. The second kappa shape index (κ2) is 9.82. The quantitative estimate of drug-likeness (QED) is 0.749. The summed E-state index contributed by atoms with van der Waals surface area (Å²) in [7, 11) is 0. The van der Waals surface area contributed by atoms with Crippen molar-refractivity contribution in [1.82, 2.24) is 10.2 Å². The molecule has 2 aromatic carbocycles. The maximum Gasteiger partial charge on any atom is 0.415 e. The molecule has 9 heteroatoms. The summed E-state index contributed by atoms with van der Waals surface area (Å²) in [5.41, 5.74) is -0.0145. The molecular formula is C21H21F2N3O4. The molecular weight excluding hydrogens is 396 g/mol. The van der Waals surface area contributed by atoms with Crippen LogP contribution in [-0.4, -0.2) is 42.4 Å². The molecule has 1 saturated heterocycles. The lowest BCUT2D eigenvalue weighted by Crippen LogP contribution is -2.44. The second-order valence-electron chi connectivity index (χ2n) is 6.90. The van der Waals surface area contributed by atoms with Crippen LogP contribution in [0.3, 0.4) is 0 Å². The van der Waals surface area contributed by atoms with E-state index >= 15 is 0 Å². The van der Waals surface area contributed by atoms with Crippen LogP contribution in [0.4, 0.5) is 19.3 Å². The number of rotatable bonds is 4. The van der Waals surface area contributed by atoms with Crippen molar-refractivity contribution >= 4 is 23.6 Å². The van der Waals surface area contributed by atoms with E-state index in [1.165, 1.54) is 0 Å². The largest absolute Gasteiger partial charge is 0.415 e. The molecule has 30 heavy (non-hydrogen) atoms. The number of benzene rings is 2. The number of para-hydroxylation sites is 1. The van der Waals surface area contributed by atoms with E-state index in [2.05, 4.69) is 10.6 Å². The van der Waals surface area contributed by atoms with E-state index in [-0.39, 0.29) is 18.2 Å². The number of nitrogens with one attached hydrogen (secondary N) is 2. The van der Waals surface area contributed by atoms with Gasteiger partial charge in [-0.2, -0.15) is 0 Å². The van der Waals surface area contributed by atoms with E-state index in [0.717, 1.165) is 18.2 Å². The first-order chi connectivity index (χ1) is 14.4. The minimum absolute atomic E-state index is 0.0145. The normalized spacial score (nSPS) is 14.1. The maximum absolute atomic E-state index is 13.2. The van der Waals surface area contributed by atoms with Crippen molar-refractivity contribution in [2.45, 2.75) is 12.8 Å². The van der Waals surface area contributed by atoms with Crippen LogP contribution in [0.1, 0.15) is 12.8 Å². The Morgan fingerprint density at radius 1 is 0.967 bits per heavy atom. The van der Waals surface area contributed by atoms with Crippen molar-refractivity contribution in [2.24, 2.45) is 5.92 Å². The molecule has 7 nitrogen and oxygen atoms in total. The molecule has 0 bridgehead atoms. The van der Waals surface area contributed by atoms with Gasteiger partial charge in [0, 0.05) is 31.4 Å². The number of carbonyl (C=O) groups is 3. The van der Waals surface area contributed by atoms with Crippen LogP contribution in [0.25, 0.3) is 0 Å². The van der Waals surface area contributed by atoms with Gasteiger partial charge in [0.2, 0.25) is 0 Å². The van der Waals surface area contributed by atoms with E-state index in [0.29, 0.717) is 31.7 Å². The second-order valence-corrected chi connectivity index (χ2v) is 6.90. The Morgan fingerprint density at radius 3 is 2.33 bits per heavy atom. The van der Waals surface area contributed by atoms with Crippen LogP contribution < -0.4 is 15.4 Å². The fraction of sp³-hybridized carbons (Fsp3) is 0.286. The number of piperidine rings is 1. The molecule has 0 radical (unpaired) electrons.